The van der Waals surface area contributed by atoms with E-state index in [0.29, 0.717) is 0 Å². The Morgan fingerprint density at radius 3 is 2.58 bits per heavy atom. The lowest BCUT2D eigenvalue weighted by Crippen LogP contribution is -2.42. The van der Waals surface area contributed by atoms with Crippen LogP contribution in [0.4, 0.5) is 0 Å². The Hall–Kier alpha value is -1.49. The molecule has 4 nitrogen and oxygen atoms in total. The molecule has 0 amide bonds. The van der Waals surface area contributed by atoms with E-state index in [1.165, 1.54) is 18.7 Å². The molecule has 1 heterocycles. The maximum atomic E-state index is 12.1. The molecule has 0 aromatic heterocycles. The molecule has 1 aromatic carbocycles. The van der Waals surface area contributed by atoms with Crippen LogP contribution in [-0.4, -0.2) is 28.9 Å². The first kappa shape index (κ1) is 13.9. The summed E-state index contributed by atoms with van der Waals surface area (Å²) in [5.74, 6) is -0.755. The van der Waals surface area contributed by atoms with Crippen LogP contribution in [0.1, 0.15) is 20.8 Å². The number of cyclic esters (lactones) is 1. The summed E-state index contributed by atoms with van der Waals surface area (Å²) < 4.78 is 9.59. The number of rotatable bonds is 3. The molecule has 1 fully saturated rings. The lowest BCUT2D eigenvalue weighted by molar-refractivity contribution is -0.150. The normalized spacial score (nSPS) is 29.9. The Kier molecular flexibility index (Phi) is 3.85. The molecule has 0 saturated carbocycles. The predicted molar refractivity (Wildman–Crippen MR) is 71.8 cm³/mol. The molecule has 0 bridgehead atoms. The SMILES string of the molecule is CC(=O)O[C@@H]1[C@@H](C)OC(=O)C1(C)Sc1ccccc1. The molecule has 0 N–H and O–H groups in total. The van der Waals surface area contributed by atoms with Crippen molar-refractivity contribution in [3.05, 3.63) is 30.3 Å². The van der Waals surface area contributed by atoms with E-state index >= 15 is 0 Å². The van der Waals surface area contributed by atoms with Crippen molar-refractivity contribution >= 4 is 23.7 Å². The average molecular weight is 280 g/mol. The van der Waals surface area contributed by atoms with Crippen molar-refractivity contribution in [3.8, 4) is 0 Å². The predicted octanol–water partition coefficient (Wildman–Crippen LogP) is 2.41. The third kappa shape index (κ3) is 2.76. The highest BCUT2D eigenvalue weighted by atomic mass is 32.2. The summed E-state index contributed by atoms with van der Waals surface area (Å²) in [7, 11) is 0. The summed E-state index contributed by atoms with van der Waals surface area (Å²) in [5, 5.41) is 0. The number of hydrogen-bond donors (Lipinski definition) is 0. The summed E-state index contributed by atoms with van der Waals surface area (Å²) in [6, 6.07) is 9.53. The van der Waals surface area contributed by atoms with Crippen molar-refractivity contribution in [2.45, 2.75) is 42.6 Å². The Morgan fingerprint density at radius 2 is 2.00 bits per heavy atom. The number of carbonyl (C=O) groups excluding carboxylic acids is 2. The third-order valence-corrected chi connectivity index (χ3v) is 4.36. The largest absolute Gasteiger partial charge is 0.457 e. The average Bonchev–Trinajstić information content (AvgIpc) is 2.54. The topological polar surface area (TPSA) is 52.6 Å². The zero-order chi connectivity index (χ0) is 14.0. The van der Waals surface area contributed by atoms with Gasteiger partial charge in [-0.1, -0.05) is 18.2 Å². The van der Waals surface area contributed by atoms with Crippen LogP contribution in [0.3, 0.4) is 0 Å². The molecular formula is C14H16O4S. The number of ether oxygens (including phenoxy) is 2. The van der Waals surface area contributed by atoms with Crippen LogP contribution in [0, 0.1) is 0 Å². The quantitative estimate of drug-likeness (QED) is 0.796. The number of carbonyl (C=O) groups is 2. The number of benzene rings is 1. The Morgan fingerprint density at radius 1 is 1.37 bits per heavy atom. The molecule has 0 aliphatic carbocycles. The first-order valence-corrected chi connectivity index (χ1v) is 6.87. The monoisotopic (exact) mass is 280 g/mol. The van der Waals surface area contributed by atoms with E-state index < -0.39 is 22.9 Å². The fourth-order valence-corrected chi connectivity index (χ4v) is 3.40. The van der Waals surface area contributed by atoms with Gasteiger partial charge < -0.3 is 9.47 Å². The number of thioether (sulfide) groups is 1. The second-order valence-electron chi connectivity index (χ2n) is 4.66. The van der Waals surface area contributed by atoms with E-state index in [0.717, 1.165) is 4.90 Å². The Labute approximate surface area is 116 Å². The van der Waals surface area contributed by atoms with Crippen LogP contribution in [0.15, 0.2) is 35.2 Å². The van der Waals surface area contributed by atoms with Gasteiger partial charge in [0.25, 0.3) is 0 Å². The van der Waals surface area contributed by atoms with Gasteiger partial charge in [0.15, 0.2) is 10.9 Å². The van der Waals surface area contributed by atoms with Crippen LogP contribution >= 0.6 is 11.8 Å². The Bertz CT molecular complexity index is 487. The maximum absolute atomic E-state index is 12.1. The first-order chi connectivity index (χ1) is 8.93. The molecule has 1 aliphatic rings. The summed E-state index contributed by atoms with van der Waals surface area (Å²) in [4.78, 5) is 24.2. The van der Waals surface area contributed by atoms with E-state index in [-0.39, 0.29) is 5.97 Å². The van der Waals surface area contributed by atoms with Crippen LogP contribution < -0.4 is 0 Å². The molecule has 1 aromatic rings. The minimum Gasteiger partial charge on any atom is -0.457 e. The molecule has 0 spiro atoms. The lowest BCUT2D eigenvalue weighted by Gasteiger charge is -2.26. The molecule has 2 rings (SSSR count). The zero-order valence-electron chi connectivity index (χ0n) is 11.1. The highest BCUT2D eigenvalue weighted by Gasteiger charge is 2.55. The van der Waals surface area contributed by atoms with Crippen LogP contribution in [0.5, 0.6) is 0 Å². The maximum Gasteiger partial charge on any atom is 0.326 e. The molecule has 102 valence electrons. The van der Waals surface area contributed by atoms with Crippen LogP contribution in [0.2, 0.25) is 0 Å². The van der Waals surface area contributed by atoms with Gasteiger partial charge in [0.2, 0.25) is 0 Å². The smallest absolute Gasteiger partial charge is 0.326 e. The van der Waals surface area contributed by atoms with Crippen LogP contribution in [-0.2, 0) is 19.1 Å². The standard InChI is InChI=1S/C14H16O4S/c1-9-12(18-10(2)15)14(3,13(16)17-9)19-11-7-5-4-6-8-11/h4-9,12H,1-3H3/t9-,12-,14?/m1/s1. The molecule has 1 unspecified atom stereocenters. The lowest BCUT2D eigenvalue weighted by atomic mass is 10.0. The van der Waals surface area contributed by atoms with E-state index in [2.05, 4.69) is 0 Å². The van der Waals surface area contributed by atoms with Crippen molar-refractivity contribution in [1.82, 2.24) is 0 Å². The van der Waals surface area contributed by atoms with Gasteiger partial charge in [0, 0.05) is 11.8 Å². The molecule has 1 aliphatic heterocycles. The second-order valence-corrected chi connectivity index (χ2v) is 6.19. The highest BCUT2D eigenvalue weighted by Crippen LogP contribution is 2.43. The van der Waals surface area contributed by atoms with E-state index in [4.69, 9.17) is 9.47 Å². The van der Waals surface area contributed by atoms with Crippen molar-refractivity contribution < 1.29 is 19.1 Å². The van der Waals surface area contributed by atoms with E-state index in [9.17, 15) is 9.59 Å². The molecule has 5 heteroatoms. The summed E-state index contributed by atoms with van der Waals surface area (Å²) in [6.45, 7) is 4.83. The van der Waals surface area contributed by atoms with Gasteiger partial charge in [0.1, 0.15) is 6.10 Å². The fourth-order valence-electron chi connectivity index (χ4n) is 2.13. The minimum absolute atomic E-state index is 0.347. The van der Waals surface area contributed by atoms with Crippen molar-refractivity contribution in [3.63, 3.8) is 0 Å². The summed E-state index contributed by atoms with van der Waals surface area (Å²) >= 11 is 1.36. The molecule has 0 radical (unpaired) electrons. The highest BCUT2D eigenvalue weighted by molar-refractivity contribution is 8.01. The summed E-state index contributed by atoms with van der Waals surface area (Å²) in [6.07, 6.45) is -1.01. The fraction of sp³-hybridized carbons (Fsp3) is 0.429. The van der Waals surface area contributed by atoms with Crippen molar-refractivity contribution in [2.75, 3.05) is 0 Å². The van der Waals surface area contributed by atoms with Crippen molar-refractivity contribution in [2.24, 2.45) is 0 Å². The summed E-state index contributed by atoms with van der Waals surface area (Å²) in [5.41, 5.74) is 0. The van der Waals surface area contributed by atoms with Gasteiger partial charge in [-0.05, 0) is 26.0 Å². The minimum atomic E-state index is -0.910. The van der Waals surface area contributed by atoms with Gasteiger partial charge in [-0.15, -0.1) is 11.8 Å². The van der Waals surface area contributed by atoms with E-state index in [1.54, 1.807) is 13.8 Å². The molecule has 19 heavy (non-hydrogen) atoms. The molecule has 3 atom stereocenters. The van der Waals surface area contributed by atoms with Gasteiger partial charge in [-0.25, -0.2) is 0 Å². The van der Waals surface area contributed by atoms with Crippen molar-refractivity contribution in [1.29, 1.82) is 0 Å². The van der Waals surface area contributed by atoms with Gasteiger partial charge in [0.05, 0.1) is 0 Å². The second kappa shape index (κ2) is 5.25. The van der Waals surface area contributed by atoms with Crippen LogP contribution in [0.25, 0.3) is 0 Å². The van der Waals surface area contributed by atoms with Gasteiger partial charge in [-0.2, -0.15) is 0 Å². The number of hydrogen-bond acceptors (Lipinski definition) is 5. The Balaban J connectivity index is 2.26. The van der Waals surface area contributed by atoms with Gasteiger partial charge >= 0.3 is 11.9 Å². The first-order valence-electron chi connectivity index (χ1n) is 6.06. The number of esters is 2. The molecular weight excluding hydrogens is 264 g/mol. The third-order valence-electron chi connectivity index (χ3n) is 3.03. The molecule has 1 saturated heterocycles. The van der Waals surface area contributed by atoms with E-state index in [1.807, 2.05) is 30.3 Å². The zero-order valence-corrected chi connectivity index (χ0v) is 11.9. The van der Waals surface area contributed by atoms with Gasteiger partial charge in [-0.3, -0.25) is 9.59 Å².